The molecule has 0 unspecified atom stereocenters. The van der Waals surface area contributed by atoms with Crippen molar-refractivity contribution in [1.29, 1.82) is 0 Å². The van der Waals surface area contributed by atoms with Gasteiger partial charge in [0, 0.05) is 25.2 Å². The summed E-state index contributed by atoms with van der Waals surface area (Å²) in [6, 6.07) is 4.16. The van der Waals surface area contributed by atoms with Crippen LogP contribution in [0.25, 0.3) is 5.52 Å². The Hall–Kier alpha value is -1.06. The van der Waals surface area contributed by atoms with Gasteiger partial charge in [-0.1, -0.05) is 11.6 Å². The summed E-state index contributed by atoms with van der Waals surface area (Å²) in [5.41, 5.74) is 2.22. The standard InChI is InChI=1S/C11H12ClN3/c1-7-2-3-15-9(4-7)10(12)14-11(15)8-5-13-6-8/h2-4,8,13H,5-6H2,1H3. The molecule has 0 bridgehead atoms. The van der Waals surface area contributed by atoms with Crippen molar-refractivity contribution in [3.8, 4) is 0 Å². The van der Waals surface area contributed by atoms with Crippen molar-refractivity contribution in [1.82, 2.24) is 14.7 Å². The molecule has 0 aromatic carbocycles. The van der Waals surface area contributed by atoms with Gasteiger partial charge in [0.05, 0.1) is 5.52 Å². The number of aromatic nitrogens is 2. The van der Waals surface area contributed by atoms with Crippen LogP contribution in [0.15, 0.2) is 18.3 Å². The summed E-state index contributed by atoms with van der Waals surface area (Å²) in [5.74, 6) is 1.58. The maximum atomic E-state index is 6.12. The fraction of sp³-hybridized carbons (Fsp3) is 0.364. The van der Waals surface area contributed by atoms with Crippen molar-refractivity contribution in [2.45, 2.75) is 12.8 Å². The van der Waals surface area contributed by atoms with Gasteiger partial charge in [-0.05, 0) is 24.6 Å². The van der Waals surface area contributed by atoms with Gasteiger partial charge in [-0.3, -0.25) is 0 Å². The predicted molar refractivity (Wildman–Crippen MR) is 60.5 cm³/mol. The molecule has 0 aliphatic carbocycles. The van der Waals surface area contributed by atoms with E-state index in [0.29, 0.717) is 11.1 Å². The molecule has 4 heteroatoms. The number of rotatable bonds is 1. The van der Waals surface area contributed by atoms with Crippen LogP contribution >= 0.6 is 11.6 Å². The lowest BCUT2D eigenvalue weighted by atomic mass is 10.0. The molecule has 0 spiro atoms. The highest BCUT2D eigenvalue weighted by atomic mass is 35.5. The third-order valence-electron chi connectivity index (χ3n) is 2.93. The molecule has 3 rings (SSSR count). The molecule has 1 saturated heterocycles. The fourth-order valence-electron chi connectivity index (χ4n) is 1.94. The average Bonchev–Trinajstić information content (AvgIpc) is 2.41. The van der Waals surface area contributed by atoms with Gasteiger partial charge in [-0.2, -0.15) is 0 Å². The van der Waals surface area contributed by atoms with E-state index >= 15 is 0 Å². The first-order valence-electron chi connectivity index (χ1n) is 5.10. The zero-order valence-corrected chi connectivity index (χ0v) is 9.25. The maximum Gasteiger partial charge on any atom is 0.155 e. The van der Waals surface area contributed by atoms with Crippen LogP contribution in [0.2, 0.25) is 5.15 Å². The van der Waals surface area contributed by atoms with Crippen molar-refractivity contribution in [3.63, 3.8) is 0 Å². The lowest BCUT2D eigenvalue weighted by molar-refractivity contribution is 0.429. The second-order valence-corrected chi connectivity index (χ2v) is 4.43. The van der Waals surface area contributed by atoms with Gasteiger partial charge >= 0.3 is 0 Å². The molecule has 0 atom stereocenters. The monoisotopic (exact) mass is 221 g/mol. The number of nitrogens with zero attached hydrogens (tertiary/aromatic N) is 2. The number of halogens is 1. The Morgan fingerprint density at radius 2 is 2.33 bits per heavy atom. The highest BCUT2D eigenvalue weighted by molar-refractivity contribution is 6.32. The van der Waals surface area contributed by atoms with Crippen LogP contribution in [0.4, 0.5) is 0 Å². The van der Waals surface area contributed by atoms with Crippen LogP contribution in [-0.2, 0) is 0 Å². The third kappa shape index (κ3) is 1.34. The van der Waals surface area contributed by atoms with E-state index in [0.717, 1.165) is 24.4 Å². The predicted octanol–water partition coefficient (Wildman–Crippen LogP) is 1.98. The molecule has 15 heavy (non-hydrogen) atoms. The number of hydrogen-bond acceptors (Lipinski definition) is 2. The molecular formula is C11H12ClN3. The number of imidazole rings is 1. The highest BCUT2D eigenvalue weighted by Crippen LogP contribution is 2.25. The molecule has 1 fully saturated rings. The second-order valence-electron chi connectivity index (χ2n) is 4.08. The number of aryl methyl sites for hydroxylation is 1. The Balaban J connectivity index is 2.22. The summed E-state index contributed by atoms with van der Waals surface area (Å²) in [5, 5.41) is 3.86. The molecule has 0 amide bonds. The molecule has 2 aromatic rings. The van der Waals surface area contributed by atoms with Crippen LogP contribution in [0, 0.1) is 6.92 Å². The summed E-state index contributed by atoms with van der Waals surface area (Å²) >= 11 is 6.12. The summed E-state index contributed by atoms with van der Waals surface area (Å²) in [4.78, 5) is 4.44. The molecule has 0 saturated carbocycles. The van der Waals surface area contributed by atoms with Crippen LogP contribution < -0.4 is 5.32 Å². The van der Waals surface area contributed by atoms with E-state index in [4.69, 9.17) is 11.6 Å². The van der Waals surface area contributed by atoms with Gasteiger partial charge in [0.15, 0.2) is 5.15 Å². The normalized spacial score (nSPS) is 16.9. The van der Waals surface area contributed by atoms with Crippen LogP contribution in [0.3, 0.4) is 0 Å². The smallest absolute Gasteiger partial charge is 0.155 e. The first-order chi connectivity index (χ1) is 7.25. The second kappa shape index (κ2) is 3.22. The SMILES string of the molecule is Cc1ccn2c(C3CNC3)nc(Cl)c2c1. The Morgan fingerprint density at radius 3 is 3.00 bits per heavy atom. The summed E-state index contributed by atoms with van der Waals surface area (Å²) < 4.78 is 2.10. The summed E-state index contributed by atoms with van der Waals surface area (Å²) in [7, 11) is 0. The van der Waals surface area contributed by atoms with Gasteiger partial charge in [0.2, 0.25) is 0 Å². The minimum Gasteiger partial charge on any atom is -0.315 e. The maximum absolute atomic E-state index is 6.12. The average molecular weight is 222 g/mol. The molecular weight excluding hydrogens is 210 g/mol. The third-order valence-corrected chi connectivity index (χ3v) is 3.21. The zero-order chi connectivity index (χ0) is 10.4. The van der Waals surface area contributed by atoms with Crippen molar-refractivity contribution in [3.05, 3.63) is 34.9 Å². The first-order valence-corrected chi connectivity index (χ1v) is 5.48. The van der Waals surface area contributed by atoms with E-state index in [9.17, 15) is 0 Å². The molecule has 1 aliphatic heterocycles. The van der Waals surface area contributed by atoms with Gasteiger partial charge in [-0.15, -0.1) is 0 Å². The van der Waals surface area contributed by atoms with E-state index < -0.39 is 0 Å². The van der Waals surface area contributed by atoms with Crippen molar-refractivity contribution < 1.29 is 0 Å². The fourth-order valence-corrected chi connectivity index (χ4v) is 2.17. The van der Waals surface area contributed by atoms with Crippen molar-refractivity contribution >= 4 is 17.1 Å². The van der Waals surface area contributed by atoms with E-state index in [-0.39, 0.29) is 0 Å². The van der Waals surface area contributed by atoms with E-state index in [2.05, 4.69) is 40.0 Å². The minimum absolute atomic E-state index is 0.507. The van der Waals surface area contributed by atoms with Gasteiger partial charge in [0.1, 0.15) is 5.82 Å². The lowest BCUT2D eigenvalue weighted by Crippen LogP contribution is -2.40. The minimum atomic E-state index is 0.507. The summed E-state index contributed by atoms with van der Waals surface area (Å²) in [6.45, 7) is 4.07. The van der Waals surface area contributed by atoms with E-state index in [1.165, 1.54) is 5.56 Å². The van der Waals surface area contributed by atoms with Gasteiger partial charge < -0.3 is 9.72 Å². The number of pyridine rings is 1. The first kappa shape index (κ1) is 9.19. The number of fused-ring (bicyclic) bond motifs is 1. The number of nitrogens with one attached hydrogen (secondary N) is 1. The Bertz CT molecular complexity index is 514. The largest absolute Gasteiger partial charge is 0.315 e. The molecule has 78 valence electrons. The Labute approximate surface area is 93.1 Å². The number of hydrogen-bond donors (Lipinski definition) is 1. The lowest BCUT2D eigenvalue weighted by Gasteiger charge is -2.25. The van der Waals surface area contributed by atoms with Crippen molar-refractivity contribution in [2.24, 2.45) is 0 Å². The molecule has 3 heterocycles. The van der Waals surface area contributed by atoms with E-state index in [1.807, 2.05) is 0 Å². The molecule has 3 nitrogen and oxygen atoms in total. The topological polar surface area (TPSA) is 29.3 Å². The molecule has 1 aliphatic rings. The zero-order valence-electron chi connectivity index (χ0n) is 8.50. The summed E-state index contributed by atoms with van der Waals surface area (Å²) in [6.07, 6.45) is 2.05. The van der Waals surface area contributed by atoms with Crippen LogP contribution in [0.1, 0.15) is 17.3 Å². The van der Waals surface area contributed by atoms with Crippen LogP contribution in [0.5, 0.6) is 0 Å². The Kier molecular flexibility index (Phi) is 1.97. The van der Waals surface area contributed by atoms with E-state index in [1.54, 1.807) is 0 Å². The van der Waals surface area contributed by atoms with Crippen LogP contribution in [-0.4, -0.2) is 22.5 Å². The van der Waals surface area contributed by atoms with Crippen molar-refractivity contribution in [2.75, 3.05) is 13.1 Å². The highest BCUT2D eigenvalue weighted by Gasteiger charge is 2.24. The quantitative estimate of drug-likeness (QED) is 0.798. The molecule has 2 aromatic heterocycles. The molecule has 1 N–H and O–H groups in total. The Morgan fingerprint density at radius 1 is 1.53 bits per heavy atom. The molecule has 0 radical (unpaired) electrons. The van der Waals surface area contributed by atoms with Gasteiger partial charge in [-0.25, -0.2) is 4.98 Å². The van der Waals surface area contributed by atoms with Gasteiger partial charge in [0.25, 0.3) is 0 Å².